The van der Waals surface area contributed by atoms with Crippen LogP contribution in [0.4, 0.5) is 5.69 Å². The van der Waals surface area contributed by atoms with Crippen LogP contribution in [0.15, 0.2) is 36.4 Å². The first-order valence-electron chi connectivity index (χ1n) is 9.00. The zero-order valence-electron chi connectivity index (χ0n) is 15.3. The molecule has 1 heterocycles. The molecule has 2 aromatic rings. The Morgan fingerprint density at radius 2 is 2.00 bits per heavy atom. The quantitative estimate of drug-likeness (QED) is 0.660. The van der Waals surface area contributed by atoms with Gasteiger partial charge >= 0.3 is 0 Å². The van der Waals surface area contributed by atoms with Gasteiger partial charge in [-0.25, -0.2) is 0 Å². The van der Waals surface area contributed by atoms with E-state index in [1.807, 2.05) is 0 Å². The monoisotopic (exact) mass is 456 g/mol. The molecule has 29 heavy (non-hydrogen) atoms. The van der Waals surface area contributed by atoms with Crippen molar-refractivity contribution in [3.8, 4) is 5.75 Å². The number of amides is 2. The number of benzene rings is 2. The van der Waals surface area contributed by atoms with Crippen LogP contribution in [0.5, 0.6) is 5.75 Å². The molecule has 6 nitrogen and oxygen atoms in total. The lowest BCUT2D eigenvalue weighted by molar-refractivity contribution is -0.117. The average Bonchev–Trinajstić information content (AvgIpc) is 3.13. The topological polar surface area (TPSA) is 78.9 Å². The van der Waals surface area contributed by atoms with Gasteiger partial charge in [-0.15, -0.1) is 0 Å². The molecule has 1 saturated heterocycles. The molecule has 1 atom stereocenters. The fourth-order valence-corrected chi connectivity index (χ4v) is 3.47. The van der Waals surface area contributed by atoms with Crippen LogP contribution in [-0.2, 0) is 4.79 Å². The summed E-state index contributed by atoms with van der Waals surface area (Å²) in [6, 6.07) is 9.80. The molecule has 154 valence electrons. The SMILES string of the molecule is O=C(NCC(O)COc1cccc(Cl)c1Cl)c1cc(N2CCCC2=O)ccc1Cl. The maximum absolute atomic E-state index is 12.5. The number of nitrogens with one attached hydrogen (secondary N) is 1. The fourth-order valence-electron chi connectivity index (χ4n) is 2.92. The van der Waals surface area contributed by atoms with Crippen LogP contribution in [-0.4, -0.2) is 42.7 Å². The molecule has 1 aliphatic rings. The van der Waals surface area contributed by atoms with Crippen molar-refractivity contribution in [2.75, 3.05) is 24.6 Å². The Morgan fingerprint density at radius 3 is 2.72 bits per heavy atom. The molecule has 0 saturated carbocycles. The lowest BCUT2D eigenvalue weighted by Gasteiger charge is -2.18. The number of carbonyl (C=O) groups is 2. The summed E-state index contributed by atoms with van der Waals surface area (Å²) >= 11 is 18.1. The smallest absolute Gasteiger partial charge is 0.252 e. The van der Waals surface area contributed by atoms with Crippen LogP contribution in [0.2, 0.25) is 15.1 Å². The van der Waals surface area contributed by atoms with Crippen molar-refractivity contribution in [2.45, 2.75) is 18.9 Å². The molecule has 9 heteroatoms. The zero-order valence-corrected chi connectivity index (χ0v) is 17.6. The van der Waals surface area contributed by atoms with Crippen LogP contribution in [0.3, 0.4) is 0 Å². The maximum atomic E-state index is 12.5. The first-order chi connectivity index (χ1) is 13.9. The lowest BCUT2D eigenvalue weighted by Crippen LogP contribution is -2.35. The van der Waals surface area contributed by atoms with Gasteiger partial charge in [-0.05, 0) is 36.8 Å². The van der Waals surface area contributed by atoms with E-state index in [0.717, 1.165) is 6.42 Å². The summed E-state index contributed by atoms with van der Waals surface area (Å²) in [6.45, 7) is 0.472. The minimum atomic E-state index is -0.976. The highest BCUT2D eigenvalue weighted by molar-refractivity contribution is 6.42. The first-order valence-corrected chi connectivity index (χ1v) is 10.1. The second-order valence-electron chi connectivity index (χ2n) is 6.54. The second-order valence-corrected chi connectivity index (χ2v) is 7.73. The van der Waals surface area contributed by atoms with Crippen molar-refractivity contribution in [2.24, 2.45) is 0 Å². The number of carbonyl (C=O) groups excluding carboxylic acids is 2. The molecule has 0 bridgehead atoms. The second kappa shape index (κ2) is 9.67. The summed E-state index contributed by atoms with van der Waals surface area (Å²) in [5, 5.41) is 13.6. The molecule has 2 N–H and O–H groups in total. The van der Waals surface area contributed by atoms with Gasteiger partial charge in [0, 0.05) is 25.2 Å². The van der Waals surface area contributed by atoms with Crippen molar-refractivity contribution >= 4 is 52.3 Å². The molecule has 1 aliphatic heterocycles. The molecule has 3 rings (SSSR count). The van der Waals surface area contributed by atoms with Crippen LogP contribution in [0, 0.1) is 0 Å². The number of ether oxygens (including phenoxy) is 1. The van der Waals surface area contributed by atoms with E-state index >= 15 is 0 Å². The summed E-state index contributed by atoms with van der Waals surface area (Å²) in [4.78, 5) is 26.0. The normalized spacial score (nSPS) is 14.8. The number of hydrogen-bond acceptors (Lipinski definition) is 4. The summed E-state index contributed by atoms with van der Waals surface area (Å²) < 4.78 is 5.45. The van der Waals surface area contributed by atoms with Crippen LogP contribution < -0.4 is 15.0 Å². The number of anilines is 1. The number of rotatable bonds is 7. The van der Waals surface area contributed by atoms with Crippen LogP contribution >= 0.6 is 34.8 Å². The van der Waals surface area contributed by atoms with Crippen LogP contribution in [0.1, 0.15) is 23.2 Å². The van der Waals surface area contributed by atoms with Gasteiger partial charge in [-0.3, -0.25) is 9.59 Å². The van der Waals surface area contributed by atoms with Gasteiger partial charge in [-0.1, -0.05) is 40.9 Å². The van der Waals surface area contributed by atoms with E-state index in [0.29, 0.717) is 29.4 Å². The molecule has 0 radical (unpaired) electrons. The van der Waals surface area contributed by atoms with Crippen molar-refractivity contribution < 1.29 is 19.4 Å². The molecule has 0 aromatic heterocycles. The molecule has 2 aromatic carbocycles. The highest BCUT2D eigenvalue weighted by atomic mass is 35.5. The largest absolute Gasteiger partial charge is 0.489 e. The summed E-state index contributed by atoms with van der Waals surface area (Å²) in [6.07, 6.45) is 0.301. The summed E-state index contributed by atoms with van der Waals surface area (Å²) in [5.41, 5.74) is 0.858. The number of hydrogen-bond donors (Lipinski definition) is 2. The van der Waals surface area contributed by atoms with Crippen molar-refractivity contribution in [3.63, 3.8) is 0 Å². The van der Waals surface area contributed by atoms with Gasteiger partial charge < -0.3 is 20.1 Å². The van der Waals surface area contributed by atoms with E-state index in [4.69, 9.17) is 39.5 Å². The number of nitrogens with zero attached hydrogens (tertiary/aromatic N) is 1. The zero-order chi connectivity index (χ0) is 21.0. The molecule has 2 amide bonds. The number of aliphatic hydroxyl groups is 1. The lowest BCUT2D eigenvalue weighted by atomic mass is 10.1. The van der Waals surface area contributed by atoms with Gasteiger partial charge in [0.1, 0.15) is 23.5 Å². The number of halogens is 3. The fraction of sp³-hybridized carbons (Fsp3) is 0.300. The Labute approximate surface area is 183 Å². The van der Waals surface area contributed by atoms with E-state index in [2.05, 4.69) is 5.32 Å². The predicted octanol–water partition coefficient (Wildman–Crippen LogP) is 3.94. The standard InChI is InChI=1S/C20H19Cl3N2O4/c21-15-7-6-12(25-8-2-5-18(25)27)9-14(15)20(28)24-10-13(26)11-29-17-4-1-3-16(22)19(17)23/h1,3-4,6-7,9,13,26H,2,5,8,10-11H2,(H,24,28). The maximum Gasteiger partial charge on any atom is 0.252 e. The molecule has 1 fully saturated rings. The third-order valence-corrected chi connectivity index (χ3v) is 5.56. The molecule has 1 unspecified atom stereocenters. The first kappa shape index (κ1) is 21.7. The Balaban J connectivity index is 1.57. The number of aliphatic hydroxyl groups excluding tert-OH is 1. The Morgan fingerprint density at radius 1 is 1.21 bits per heavy atom. The van der Waals surface area contributed by atoms with Gasteiger partial charge in [0.25, 0.3) is 5.91 Å². The third-order valence-electron chi connectivity index (χ3n) is 4.43. The molecular weight excluding hydrogens is 439 g/mol. The average molecular weight is 458 g/mol. The third kappa shape index (κ3) is 5.34. The highest BCUT2D eigenvalue weighted by Gasteiger charge is 2.23. The molecule has 0 spiro atoms. The highest BCUT2D eigenvalue weighted by Crippen LogP contribution is 2.31. The summed E-state index contributed by atoms with van der Waals surface area (Å²) in [5.74, 6) is -0.0927. The Hall–Kier alpha value is -1.99. The van der Waals surface area contributed by atoms with Gasteiger partial charge in [0.2, 0.25) is 5.91 Å². The van der Waals surface area contributed by atoms with E-state index in [9.17, 15) is 14.7 Å². The Bertz CT molecular complexity index is 923. The van der Waals surface area contributed by atoms with Gasteiger partial charge in [0.15, 0.2) is 0 Å². The molecular formula is C20H19Cl3N2O4. The van der Waals surface area contributed by atoms with Crippen molar-refractivity contribution in [1.29, 1.82) is 0 Å². The van der Waals surface area contributed by atoms with Gasteiger partial charge in [-0.2, -0.15) is 0 Å². The molecule has 0 aliphatic carbocycles. The van der Waals surface area contributed by atoms with E-state index in [-0.39, 0.29) is 34.7 Å². The van der Waals surface area contributed by atoms with E-state index < -0.39 is 12.0 Å². The predicted molar refractivity (Wildman–Crippen MR) is 113 cm³/mol. The van der Waals surface area contributed by atoms with E-state index in [1.54, 1.807) is 41.3 Å². The minimum Gasteiger partial charge on any atom is -0.489 e. The van der Waals surface area contributed by atoms with Crippen molar-refractivity contribution in [1.82, 2.24) is 5.32 Å². The van der Waals surface area contributed by atoms with Crippen LogP contribution in [0.25, 0.3) is 0 Å². The Kier molecular flexibility index (Phi) is 7.24. The van der Waals surface area contributed by atoms with Gasteiger partial charge in [0.05, 0.1) is 15.6 Å². The van der Waals surface area contributed by atoms with E-state index in [1.165, 1.54) is 0 Å². The summed E-state index contributed by atoms with van der Waals surface area (Å²) in [7, 11) is 0. The van der Waals surface area contributed by atoms with Crippen molar-refractivity contribution in [3.05, 3.63) is 57.0 Å². The minimum absolute atomic E-state index is 0.0194.